The van der Waals surface area contributed by atoms with Crippen molar-refractivity contribution in [1.82, 2.24) is 0 Å². The first-order chi connectivity index (χ1) is 7.65. The first kappa shape index (κ1) is 12.5. The molecule has 86 valence electrons. The third-order valence-corrected chi connectivity index (χ3v) is 2.55. The molecule has 0 saturated heterocycles. The Morgan fingerprint density at radius 1 is 1.44 bits per heavy atom. The van der Waals surface area contributed by atoms with Crippen LogP contribution >= 0.6 is 0 Å². The van der Waals surface area contributed by atoms with Crippen LogP contribution in [-0.4, -0.2) is 11.1 Å². The maximum absolute atomic E-state index is 10.8. The second-order valence-corrected chi connectivity index (χ2v) is 3.92. The molecule has 0 unspecified atom stereocenters. The lowest BCUT2D eigenvalue weighted by molar-refractivity contribution is 0.0697. The third kappa shape index (κ3) is 3.54. The van der Waals surface area contributed by atoms with Gasteiger partial charge in [-0.15, -0.1) is 0 Å². The summed E-state index contributed by atoms with van der Waals surface area (Å²) in [7, 11) is 0. The van der Waals surface area contributed by atoms with E-state index in [2.05, 4.69) is 13.0 Å². The van der Waals surface area contributed by atoms with E-state index in [0.717, 1.165) is 17.5 Å². The summed E-state index contributed by atoms with van der Waals surface area (Å²) in [6, 6.07) is 5.21. The molecular weight excluding hydrogens is 200 g/mol. The minimum absolute atomic E-state index is 0.348. The Morgan fingerprint density at radius 2 is 2.19 bits per heavy atom. The van der Waals surface area contributed by atoms with Crippen LogP contribution in [0.3, 0.4) is 0 Å². The average molecular weight is 218 g/mol. The molecular formula is C14H18O2. The van der Waals surface area contributed by atoms with Crippen LogP contribution in [0.5, 0.6) is 0 Å². The van der Waals surface area contributed by atoms with E-state index in [1.807, 2.05) is 19.1 Å². The number of carboxylic acids is 1. The minimum atomic E-state index is -0.872. The molecule has 0 atom stereocenters. The molecule has 0 fully saturated rings. The van der Waals surface area contributed by atoms with Gasteiger partial charge in [-0.3, -0.25) is 0 Å². The summed E-state index contributed by atoms with van der Waals surface area (Å²) in [5.74, 6) is -0.872. The summed E-state index contributed by atoms with van der Waals surface area (Å²) >= 11 is 0. The number of benzene rings is 1. The fourth-order valence-corrected chi connectivity index (χ4v) is 1.49. The van der Waals surface area contributed by atoms with Crippen molar-refractivity contribution in [3.63, 3.8) is 0 Å². The molecule has 0 aromatic heterocycles. The fraction of sp³-hybridized carbons (Fsp3) is 0.357. The molecule has 2 nitrogen and oxygen atoms in total. The van der Waals surface area contributed by atoms with Crippen LogP contribution in [0.2, 0.25) is 0 Å². The second kappa shape index (κ2) is 6.11. The van der Waals surface area contributed by atoms with Crippen LogP contribution in [0.25, 0.3) is 6.08 Å². The highest BCUT2D eigenvalue weighted by Gasteiger charge is 2.03. The van der Waals surface area contributed by atoms with Crippen LogP contribution in [0.1, 0.15) is 47.7 Å². The standard InChI is InChI=1S/C14H18O2/c1-3-4-5-6-7-12-10-13(14(15)16)9-8-11(12)2/h6-10H,3-5H2,1-2H3,(H,15,16)/b7-6+. The molecule has 0 heterocycles. The normalized spacial score (nSPS) is 10.9. The Bertz CT molecular complexity index is 392. The summed E-state index contributed by atoms with van der Waals surface area (Å²) in [4.78, 5) is 10.8. The Hall–Kier alpha value is -1.57. The highest BCUT2D eigenvalue weighted by molar-refractivity contribution is 5.88. The van der Waals surface area contributed by atoms with Crippen molar-refractivity contribution < 1.29 is 9.90 Å². The van der Waals surface area contributed by atoms with Gasteiger partial charge in [-0.25, -0.2) is 4.79 Å². The van der Waals surface area contributed by atoms with Gasteiger partial charge in [-0.1, -0.05) is 38.0 Å². The molecule has 0 aliphatic carbocycles. The highest BCUT2D eigenvalue weighted by atomic mass is 16.4. The molecule has 16 heavy (non-hydrogen) atoms. The number of aromatic carboxylic acids is 1. The van der Waals surface area contributed by atoms with Crippen LogP contribution < -0.4 is 0 Å². The van der Waals surface area contributed by atoms with E-state index in [0.29, 0.717) is 5.56 Å². The van der Waals surface area contributed by atoms with E-state index in [-0.39, 0.29) is 0 Å². The van der Waals surface area contributed by atoms with Crippen molar-refractivity contribution in [2.75, 3.05) is 0 Å². The maximum Gasteiger partial charge on any atom is 0.335 e. The average Bonchev–Trinajstić information content (AvgIpc) is 2.26. The monoisotopic (exact) mass is 218 g/mol. The van der Waals surface area contributed by atoms with Crippen molar-refractivity contribution in [3.8, 4) is 0 Å². The van der Waals surface area contributed by atoms with Gasteiger partial charge in [0.15, 0.2) is 0 Å². The summed E-state index contributed by atoms with van der Waals surface area (Å²) in [5, 5.41) is 8.89. The maximum atomic E-state index is 10.8. The van der Waals surface area contributed by atoms with E-state index < -0.39 is 5.97 Å². The smallest absolute Gasteiger partial charge is 0.335 e. The van der Waals surface area contributed by atoms with Gasteiger partial charge >= 0.3 is 5.97 Å². The Labute approximate surface area is 96.6 Å². The summed E-state index contributed by atoms with van der Waals surface area (Å²) in [6.07, 6.45) is 7.52. The minimum Gasteiger partial charge on any atom is -0.478 e. The van der Waals surface area contributed by atoms with Crippen LogP contribution in [0, 0.1) is 6.92 Å². The lowest BCUT2D eigenvalue weighted by Crippen LogP contribution is -1.96. The number of hydrogen-bond acceptors (Lipinski definition) is 1. The molecule has 1 aromatic rings. The predicted octanol–water partition coefficient (Wildman–Crippen LogP) is 3.90. The first-order valence-corrected chi connectivity index (χ1v) is 5.65. The summed E-state index contributed by atoms with van der Waals surface area (Å²) in [5.41, 5.74) is 2.45. The van der Waals surface area contributed by atoms with Gasteiger partial charge in [0.1, 0.15) is 0 Å². The number of rotatable bonds is 5. The lowest BCUT2D eigenvalue weighted by Gasteiger charge is -2.02. The number of hydrogen-bond donors (Lipinski definition) is 1. The topological polar surface area (TPSA) is 37.3 Å². The zero-order chi connectivity index (χ0) is 12.0. The molecule has 1 aromatic carbocycles. The van der Waals surface area contributed by atoms with Crippen molar-refractivity contribution >= 4 is 12.0 Å². The van der Waals surface area contributed by atoms with Gasteiger partial charge in [0, 0.05) is 0 Å². The van der Waals surface area contributed by atoms with Crippen molar-refractivity contribution in [3.05, 3.63) is 41.0 Å². The number of carbonyl (C=O) groups is 1. The first-order valence-electron chi connectivity index (χ1n) is 5.65. The molecule has 2 heteroatoms. The van der Waals surface area contributed by atoms with Gasteiger partial charge in [0.2, 0.25) is 0 Å². The lowest BCUT2D eigenvalue weighted by atomic mass is 10.0. The largest absolute Gasteiger partial charge is 0.478 e. The van der Waals surface area contributed by atoms with E-state index in [9.17, 15) is 4.79 Å². The van der Waals surface area contributed by atoms with E-state index in [4.69, 9.17) is 5.11 Å². The summed E-state index contributed by atoms with van der Waals surface area (Å²) in [6.45, 7) is 4.15. The molecule has 0 spiro atoms. The molecule has 0 radical (unpaired) electrons. The van der Waals surface area contributed by atoms with E-state index in [1.165, 1.54) is 12.8 Å². The summed E-state index contributed by atoms with van der Waals surface area (Å²) < 4.78 is 0. The predicted molar refractivity (Wildman–Crippen MR) is 66.7 cm³/mol. The van der Waals surface area contributed by atoms with Gasteiger partial charge in [0.05, 0.1) is 5.56 Å². The second-order valence-electron chi connectivity index (χ2n) is 3.92. The van der Waals surface area contributed by atoms with Gasteiger partial charge in [-0.2, -0.15) is 0 Å². The number of allylic oxidation sites excluding steroid dienone is 1. The van der Waals surface area contributed by atoms with E-state index >= 15 is 0 Å². The number of carboxylic acid groups (broad SMARTS) is 1. The highest BCUT2D eigenvalue weighted by Crippen LogP contribution is 2.13. The molecule has 1 N–H and O–H groups in total. The Balaban J connectivity index is 2.82. The van der Waals surface area contributed by atoms with Crippen molar-refractivity contribution in [1.29, 1.82) is 0 Å². The molecule has 0 bridgehead atoms. The molecule has 1 rings (SSSR count). The zero-order valence-corrected chi connectivity index (χ0v) is 9.86. The molecule has 0 amide bonds. The zero-order valence-electron chi connectivity index (χ0n) is 9.86. The van der Waals surface area contributed by atoms with Gasteiger partial charge in [-0.05, 0) is 36.6 Å². The SMILES string of the molecule is CCCC/C=C/c1cc(C(=O)O)ccc1C. The van der Waals surface area contributed by atoms with Crippen molar-refractivity contribution in [2.24, 2.45) is 0 Å². The van der Waals surface area contributed by atoms with Gasteiger partial charge < -0.3 is 5.11 Å². The number of aryl methyl sites for hydroxylation is 1. The molecule has 0 saturated carbocycles. The van der Waals surface area contributed by atoms with Crippen LogP contribution in [0.15, 0.2) is 24.3 Å². The van der Waals surface area contributed by atoms with Crippen LogP contribution in [0.4, 0.5) is 0 Å². The van der Waals surface area contributed by atoms with E-state index in [1.54, 1.807) is 12.1 Å². The quantitative estimate of drug-likeness (QED) is 0.761. The number of unbranched alkanes of at least 4 members (excludes halogenated alkanes) is 2. The molecule has 0 aliphatic heterocycles. The van der Waals surface area contributed by atoms with Crippen molar-refractivity contribution in [2.45, 2.75) is 33.1 Å². The van der Waals surface area contributed by atoms with Gasteiger partial charge in [0.25, 0.3) is 0 Å². The van der Waals surface area contributed by atoms with Crippen LogP contribution in [-0.2, 0) is 0 Å². The molecule has 0 aliphatic rings. The Morgan fingerprint density at radius 3 is 2.81 bits per heavy atom. The third-order valence-electron chi connectivity index (χ3n) is 2.55. The Kier molecular flexibility index (Phi) is 4.77. The fourth-order valence-electron chi connectivity index (χ4n) is 1.49.